The summed E-state index contributed by atoms with van der Waals surface area (Å²) in [5.74, 6) is 0. The minimum absolute atomic E-state index is 0. The average molecular weight is 265 g/mol. The van der Waals surface area contributed by atoms with Crippen molar-refractivity contribution in [3.8, 4) is 0 Å². The Balaban J connectivity index is -0.0000000800. The molecule has 0 fully saturated rings. The van der Waals surface area contributed by atoms with Gasteiger partial charge in [0, 0.05) is 40.7 Å². The van der Waals surface area contributed by atoms with Gasteiger partial charge in [0.05, 0.1) is 0 Å². The van der Waals surface area contributed by atoms with Gasteiger partial charge in [-0.1, -0.05) is 0 Å². The van der Waals surface area contributed by atoms with Gasteiger partial charge in [0.15, 0.2) is 0 Å². The molecule has 0 aromatic rings. The average Bonchev–Trinajstić information content (AvgIpc) is 0.722. The molecule has 0 aliphatic carbocycles. The van der Waals surface area contributed by atoms with Crippen LogP contribution in [0, 0.1) is 0 Å². The molecule has 0 saturated carbocycles. The zero-order chi connectivity index (χ0) is 4.50. The van der Waals surface area contributed by atoms with E-state index in [2.05, 4.69) is 11.2 Å². The Morgan fingerprint density at radius 1 is 1.43 bits per heavy atom. The van der Waals surface area contributed by atoms with E-state index in [1.807, 2.05) is 0 Å². The van der Waals surface area contributed by atoms with Gasteiger partial charge in [-0.15, -0.1) is 24.0 Å². The summed E-state index contributed by atoms with van der Waals surface area (Å²) in [5.41, 5.74) is 0. The third kappa shape index (κ3) is 71.2. The summed E-state index contributed by atoms with van der Waals surface area (Å²) in [4.78, 5) is 0. The molecular weight excluding hydrogens is 262 g/mol. The molecule has 0 unspecified atom stereocenters. The predicted octanol–water partition coefficient (Wildman–Crippen LogP) is -0.0841. The van der Waals surface area contributed by atoms with Crippen LogP contribution in [0.3, 0.4) is 0 Å². The van der Waals surface area contributed by atoms with Crippen LogP contribution in [0.5, 0.6) is 0 Å². The van der Waals surface area contributed by atoms with Gasteiger partial charge < -0.3 is 0 Å². The fourth-order valence-corrected chi connectivity index (χ4v) is 0. The van der Waals surface area contributed by atoms with Crippen LogP contribution in [-0.4, -0.2) is 42.9 Å². The fourth-order valence-electron chi connectivity index (χ4n) is 0. The van der Waals surface area contributed by atoms with Gasteiger partial charge in [-0.2, -0.15) is 4.21 Å². The zero-order valence-electron chi connectivity index (χ0n) is 3.53. The van der Waals surface area contributed by atoms with E-state index >= 15 is 0 Å². The summed E-state index contributed by atoms with van der Waals surface area (Å²) in [6.07, 6.45) is 0. The van der Waals surface area contributed by atoms with E-state index < -0.39 is 9.05 Å². The topological polar surface area (TPSA) is 57.5 Å². The Morgan fingerprint density at radius 2 is 1.43 bits per heavy atom. The van der Waals surface area contributed by atoms with E-state index in [1.54, 1.807) is 0 Å². The smallest absolute Gasteiger partial charge is 0.263 e. The van der Waals surface area contributed by atoms with Crippen molar-refractivity contribution in [1.29, 1.82) is 0 Å². The minimum Gasteiger partial charge on any atom is -0.285 e. The molecule has 7 heavy (non-hydrogen) atoms. The monoisotopic (exact) mass is 265 g/mol. The van der Waals surface area contributed by atoms with Crippen molar-refractivity contribution in [2.45, 2.75) is 0 Å². The van der Waals surface area contributed by atoms with Crippen molar-refractivity contribution < 1.29 is 13.3 Å². The van der Waals surface area contributed by atoms with E-state index in [4.69, 9.17) is 13.3 Å². The molecule has 7 heteroatoms. The molecule has 0 bridgehead atoms. The molecule has 0 rings (SSSR count). The van der Waals surface area contributed by atoms with Crippen molar-refractivity contribution in [3.63, 3.8) is 0 Å². The van der Waals surface area contributed by atoms with Gasteiger partial charge in [-0.3, -0.25) is 9.11 Å². The maximum absolute atomic E-state index is 9.11. The zero-order valence-corrected chi connectivity index (χ0v) is 9.49. The van der Waals surface area contributed by atoms with Crippen LogP contribution in [0.4, 0.5) is 0 Å². The first-order chi connectivity index (χ1) is 2.00. The molecule has 0 saturated heterocycles. The fraction of sp³-hybridized carbons (Fsp3) is 0. The molecule has 0 spiro atoms. The number of hydrogen-bond acceptors (Lipinski definition) is 2. The number of halogens is 1. The van der Waals surface area contributed by atoms with Crippen molar-refractivity contribution in [3.05, 3.63) is 0 Å². The first kappa shape index (κ1) is 16.0. The Morgan fingerprint density at radius 3 is 1.43 bits per heavy atom. The molecule has 3 nitrogen and oxygen atoms in total. The molecular formula is H3INaO3S2. The predicted molar refractivity (Wildman–Crippen MR) is 41.9 cm³/mol. The molecule has 0 aromatic carbocycles. The van der Waals surface area contributed by atoms with E-state index in [-0.39, 0.29) is 53.5 Å². The minimum atomic E-state index is -3.83. The molecule has 0 heterocycles. The number of rotatable bonds is 0. The Hall–Kier alpha value is 2.02. The molecule has 0 atom stereocenters. The molecule has 2 N–H and O–H groups in total. The number of hydrogen-bond donors (Lipinski definition) is 2. The Kier molecular flexibility index (Phi) is 14.1. The van der Waals surface area contributed by atoms with Crippen molar-refractivity contribution in [2.24, 2.45) is 0 Å². The van der Waals surface area contributed by atoms with Gasteiger partial charge in [0.25, 0.3) is 9.05 Å². The first-order valence-electron chi connectivity index (χ1n) is 0.698. The van der Waals surface area contributed by atoms with Gasteiger partial charge in [0.2, 0.25) is 0 Å². The van der Waals surface area contributed by atoms with Crippen LogP contribution in [0.25, 0.3) is 0 Å². The molecule has 0 aliphatic heterocycles. The van der Waals surface area contributed by atoms with Crippen molar-refractivity contribution in [2.75, 3.05) is 0 Å². The molecule has 1 radical (unpaired) electrons. The van der Waals surface area contributed by atoms with Crippen LogP contribution in [0.1, 0.15) is 0 Å². The Labute approximate surface area is 85.9 Å². The summed E-state index contributed by atoms with van der Waals surface area (Å²) >= 11 is 3.47. The third-order valence-corrected chi connectivity index (χ3v) is 0. The van der Waals surface area contributed by atoms with Gasteiger partial charge >= 0.3 is 0 Å². The van der Waals surface area contributed by atoms with Crippen LogP contribution in [0.2, 0.25) is 0 Å². The Bertz CT molecular complexity index is 96.1. The second-order valence-electron chi connectivity index (χ2n) is 0.448. The molecule has 41 valence electrons. The second kappa shape index (κ2) is 6.14. The van der Waals surface area contributed by atoms with Crippen LogP contribution in [-0.2, 0) is 20.2 Å². The summed E-state index contributed by atoms with van der Waals surface area (Å²) in [5, 5.41) is 0. The summed E-state index contributed by atoms with van der Waals surface area (Å²) < 4.78 is 24.0. The molecule has 0 aliphatic rings. The van der Waals surface area contributed by atoms with E-state index in [9.17, 15) is 0 Å². The van der Waals surface area contributed by atoms with Gasteiger partial charge in [-0.25, -0.2) is 0 Å². The van der Waals surface area contributed by atoms with Crippen molar-refractivity contribution >= 4 is 73.8 Å². The summed E-state index contributed by atoms with van der Waals surface area (Å²) in [7, 11) is -3.83. The second-order valence-corrected chi connectivity index (χ2v) is 2.65. The largest absolute Gasteiger partial charge is 0.285 e. The quantitative estimate of drug-likeness (QED) is 0.475. The van der Waals surface area contributed by atoms with E-state index in [0.29, 0.717) is 0 Å². The third-order valence-electron chi connectivity index (χ3n) is 0. The first-order valence-corrected chi connectivity index (χ1v) is 3.10. The van der Waals surface area contributed by atoms with Crippen LogP contribution >= 0.6 is 24.0 Å². The van der Waals surface area contributed by atoms with Crippen LogP contribution < -0.4 is 0 Å². The van der Waals surface area contributed by atoms with Gasteiger partial charge in [0.1, 0.15) is 0 Å². The standard InChI is InChI=1S/HI.Na.H2O3S2/c;;1-5(2,3)4/h1H;;(H2,1,2,3,4). The van der Waals surface area contributed by atoms with Crippen LogP contribution in [0.15, 0.2) is 0 Å². The maximum Gasteiger partial charge on any atom is 0.263 e. The summed E-state index contributed by atoms with van der Waals surface area (Å²) in [6, 6.07) is 0. The summed E-state index contributed by atoms with van der Waals surface area (Å²) in [6.45, 7) is 0. The van der Waals surface area contributed by atoms with Crippen molar-refractivity contribution in [1.82, 2.24) is 0 Å². The SMILES string of the molecule is I.O=S(O)(O)=S.[Na]. The molecule has 0 aromatic heterocycles. The normalized spacial score (nSPS) is 8.29. The maximum atomic E-state index is 9.11. The molecule has 0 amide bonds. The van der Waals surface area contributed by atoms with E-state index in [1.165, 1.54) is 0 Å². The van der Waals surface area contributed by atoms with Gasteiger partial charge in [-0.05, 0) is 0 Å². The van der Waals surface area contributed by atoms with E-state index in [0.717, 1.165) is 0 Å².